The molecule has 0 spiro atoms. The summed E-state index contributed by atoms with van der Waals surface area (Å²) in [7, 11) is 0. The fourth-order valence-electron chi connectivity index (χ4n) is 4.15. The maximum absolute atomic E-state index is 13.7. The number of ether oxygens (including phenoxy) is 1. The van der Waals surface area contributed by atoms with Crippen molar-refractivity contribution in [3.8, 4) is 11.3 Å². The van der Waals surface area contributed by atoms with Crippen LogP contribution >= 0.6 is 50.5 Å². The zero-order valence-corrected chi connectivity index (χ0v) is 23.5. The van der Waals surface area contributed by atoms with Crippen LogP contribution < -0.4 is 14.9 Å². The van der Waals surface area contributed by atoms with E-state index in [0.717, 1.165) is 10.0 Å². The molecule has 1 atom stereocenters. The van der Waals surface area contributed by atoms with Crippen LogP contribution in [0.15, 0.2) is 84.5 Å². The molecule has 188 valence electrons. The van der Waals surface area contributed by atoms with Crippen molar-refractivity contribution in [3.05, 3.63) is 111 Å². The first-order valence-corrected chi connectivity index (χ1v) is 13.6. The summed E-state index contributed by atoms with van der Waals surface area (Å²) in [5.74, 6) is 0.531. The Morgan fingerprint density at radius 2 is 1.95 bits per heavy atom. The number of carbonyl (C=O) groups is 1. The van der Waals surface area contributed by atoms with Gasteiger partial charge in [-0.15, -0.1) is 0 Å². The number of nitrogens with zero attached hydrogens (tertiary/aromatic N) is 2. The Labute approximate surface area is 234 Å². The van der Waals surface area contributed by atoms with Crippen molar-refractivity contribution in [2.75, 3.05) is 6.61 Å². The molecule has 0 bridgehead atoms. The molecule has 2 aromatic carbocycles. The van der Waals surface area contributed by atoms with Gasteiger partial charge in [0.25, 0.3) is 5.56 Å². The minimum atomic E-state index is -0.675. The first kappa shape index (κ1) is 25.7. The molecule has 0 N–H and O–H groups in total. The van der Waals surface area contributed by atoms with Crippen LogP contribution in [-0.4, -0.2) is 17.1 Å². The van der Waals surface area contributed by atoms with Gasteiger partial charge in [0.15, 0.2) is 4.80 Å². The number of thiazole rings is 1. The van der Waals surface area contributed by atoms with Crippen molar-refractivity contribution in [2.45, 2.75) is 19.9 Å². The third-order valence-electron chi connectivity index (χ3n) is 5.80. The SMILES string of the molecule is CCOC(=O)C1=C(C)N=c2s/c(=C\c3ccc(-c4ccc(Cl)cc4Cl)o3)c(=O)n2[C@H]1c1ccc(Br)cc1. The van der Waals surface area contributed by atoms with Gasteiger partial charge in [0.05, 0.1) is 33.5 Å². The summed E-state index contributed by atoms with van der Waals surface area (Å²) in [5.41, 5.74) is 2.02. The molecule has 3 heterocycles. The first-order valence-electron chi connectivity index (χ1n) is 11.3. The van der Waals surface area contributed by atoms with Crippen LogP contribution in [0.1, 0.15) is 31.2 Å². The number of carbonyl (C=O) groups excluding carboxylic acids is 1. The summed E-state index contributed by atoms with van der Waals surface area (Å²) in [6.45, 7) is 3.71. The molecule has 5 rings (SSSR count). The molecule has 0 saturated carbocycles. The van der Waals surface area contributed by atoms with E-state index in [4.69, 9.17) is 32.4 Å². The number of rotatable bonds is 5. The average Bonchev–Trinajstić information content (AvgIpc) is 3.43. The Morgan fingerprint density at radius 1 is 1.19 bits per heavy atom. The predicted octanol–water partition coefficient (Wildman–Crippen LogP) is 6.13. The molecule has 4 aromatic rings. The number of furan rings is 1. The van der Waals surface area contributed by atoms with Gasteiger partial charge >= 0.3 is 5.97 Å². The molecule has 37 heavy (non-hydrogen) atoms. The summed E-state index contributed by atoms with van der Waals surface area (Å²) >= 11 is 17.0. The number of hydrogen-bond donors (Lipinski definition) is 0. The molecule has 0 unspecified atom stereocenters. The molecular formula is C27H19BrCl2N2O4S. The van der Waals surface area contributed by atoms with E-state index in [1.54, 1.807) is 54.8 Å². The van der Waals surface area contributed by atoms with E-state index in [2.05, 4.69) is 20.9 Å². The Bertz CT molecular complexity index is 1730. The fraction of sp³-hybridized carbons (Fsp3) is 0.148. The zero-order valence-electron chi connectivity index (χ0n) is 19.6. The Balaban J connectivity index is 1.63. The third-order valence-corrected chi connectivity index (χ3v) is 7.86. The monoisotopic (exact) mass is 616 g/mol. The maximum atomic E-state index is 13.7. The average molecular weight is 618 g/mol. The lowest BCUT2D eigenvalue weighted by Gasteiger charge is -2.24. The molecule has 0 aliphatic carbocycles. The number of aromatic nitrogens is 1. The summed E-state index contributed by atoms with van der Waals surface area (Å²) in [6, 6.07) is 15.5. The number of benzene rings is 2. The van der Waals surface area contributed by atoms with Crippen molar-refractivity contribution >= 4 is 62.5 Å². The van der Waals surface area contributed by atoms with E-state index in [-0.39, 0.29) is 12.2 Å². The van der Waals surface area contributed by atoms with Crippen LogP contribution in [0.3, 0.4) is 0 Å². The second kappa shape index (κ2) is 10.5. The molecule has 0 amide bonds. The number of esters is 1. The maximum Gasteiger partial charge on any atom is 0.338 e. The van der Waals surface area contributed by atoms with Crippen LogP contribution in [0.2, 0.25) is 10.0 Å². The minimum absolute atomic E-state index is 0.214. The number of fused-ring (bicyclic) bond motifs is 1. The van der Waals surface area contributed by atoms with E-state index in [1.807, 2.05) is 24.3 Å². The normalized spacial score (nSPS) is 15.5. The van der Waals surface area contributed by atoms with Crippen molar-refractivity contribution in [1.29, 1.82) is 0 Å². The van der Waals surface area contributed by atoms with Crippen LogP contribution in [0.4, 0.5) is 0 Å². The van der Waals surface area contributed by atoms with Crippen LogP contribution in [0.25, 0.3) is 17.4 Å². The topological polar surface area (TPSA) is 73.8 Å². The second-order valence-electron chi connectivity index (χ2n) is 8.18. The van der Waals surface area contributed by atoms with Gasteiger partial charge in [-0.3, -0.25) is 9.36 Å². The molecule has 2 aromatic heterocycles. The van der Waals surface area contributed by atoms with Gasteiger partial charge in [0.2, 0.25) is 0 Å². The molecule has 0 fully saturated rings. The Kier molecular flexibility index (Phi) is 7.27. The summed E-state index contributed by atoms with van der Waals surface area (Å²) < 4.78 is 14.1. The van der Waals surface area contributed by atoms with Crippen molar-refractivity contribution in [1.82, 2.24) is 4.57 Å². The summed E-state index contributed by atoms with van der Waals surface area (Å²) in [4.78, 5) is 31.7. The number of hydrogen-bond acceptors (Lipinski definition) is 6. The molecule has 10 heteroatoms. The molecule has 1 aliphatic rings. The third kappa shape index (κ3) is 4.99. The van der Waals surface area contributed by atoms with Gasteiger partial charge in [-0.05, 0) is 61.9 Å². The lowest BCUT2D eigenvalue weighted by Crippen LogP contribution is -2.39. The quantitative estimate of drug-likeness (QED) is 0.253. The highest BCUT2D eigenvalue weighted by Gasteiger charge is 2.33. The lowest BCUT2D eigenvalue weighted by atomic mass is 9.96. The van der Waals surface area contributed by atoms with Crippen molar-refractivity contribution in [2.24, 2.45) is 4.99 Å². The predicted molar refractivity (Wildman–Crippen MR) is 149 cm³/mol. The number of halogens is 3. The summed E-state index contributed by atoms with van der Waals surface area (Å²) in [6.07, 6.45) is 1.67. The van der Waals surface area contributed by atoms with E-state index in [9.17, 15) is 9.59 Å². The largest absolute Gasteiger partial charge is 0.463 e. The van der Waals surface area contributed by atoms with Crippen LogP contribution in [0, 0.1) is 0 Å². The molecule has 1 aliphatic heterocycles. The van der Waals surface area contributed by atoms with Gasteiger partial charge in [-0.1, -0.05) is 62.6 Å². The molecule has 6 nitrogen and oxygen atoms in total. The minimum Gasteiger partial charge on any atom is -0.463 e. The van der Waals surface area contributed by atoms with Gasteiger partial charge < -0.3 is 9.15 Å². The first-order chi connectivity index (χ1) is 17.8. The second-order valence-corrected chi connectivity index (χ2v) is 10.9. The van der Waals surface area contributed by atoms with Gasteiger partial charge in [0.1, 0.15) is 11.5 Å². The van der Waals surface area contributed by atoms with E-state index < -0.39 is 12.0 Å². The van der Waals surface area contributed by atoms with E-state index in [0.29, 0.717) is 47.7 Å². The number of allylic oxidation sites excluding steroid dienone is 1. The Hall–Kier alpha value is -2.91. The van der Waals surface area contributed by atoms with E-state index in [1.165, 1.54) is 11.3 Å². The Morgan fingerprint density at radius 3 is 2.65 bits per heavy atom. The lowest BCUT2D eigenvalue weighted by molar-refractivity contribution is -0.139. The highest BCUT2D eigenvalue weighted by Crippen LogP contribution is 2.33. The van der Waals surface area contributed by atoms with Crippen molar-refractivity contribution < 1.29 is 13.9 Å². The van der Waals surface area contributed by atoms with Crippen LogP contribution in [0.5, 0.6) is 0 Å². The van der Waals surface area contributed by atoms with Gasteiger partial charge in [-0.2, -0.15) is 0 Å². The molecule has 0 saturated heterocycles. The molecule has 0 radical (unpaired) electrons. The standard InChI is InChI=1S/C27H19BrCl2N2O4S/c1-3-35-26(34)23-14(2)31-27-32(24(23)15-4-6-16(28)7-5-15)25(33)22(37-27)13-18-9-11-21(36-18)19-10-8-17(29)12-20(19)30/h4-13,24H,3H2,1-2H3/b22-13-/t24-/m0/s1. The van der Waals surface area contributed by atoms with Gasteiger partial charge in [0, 0.05) is 21.1 Å². The smallest absolute Gasteiger partial charge is 0.338 e. The van der Waals surface area contributed by atoms with Crippen molar-refractivity contribution in [3.63, 3.8) is 0 Å². The van der Waals surface area contributed by atoms with Crippen LogP contribution in [-0.2, 0) is 9.53 Å². The van der Waals surface area contributed by atoms with E-state index >= 15 is 0 Å². The zero-order chi connectivity index (χ0) is 26.3. The fourth-order valence-corrected chi connectivity index (χ4v) is 5.94. The summed E-state index contributed by atoms with van der Waals surface area (Å²) in [5, 5.41) is 0.990. The van der Waals surface area contributed by atoms with Gasteiger partial charge in [-0.25, -0.2) is 9.79 Å². The highest BCUT2D eigenvalue weighted by molar-refractivity contribution is 9.10. The molecular weight excluding hydrogens is 599 g/mol. The highest BCUT2D eigenvalue weighted by atomic mass is 79.9.